The van der Waals surface area contributed by atoms with Crippen molar-refractivity contribution in [1.29, 1.82) is 0 Å². The highest BCUT2D eigenvalue weighted by Gasteiger charge is 2.44. The van der Waals surface area contributed by atoms with E-state index in [0.29, 0.717) is 53.8 Å². The Morgan fingerprint density at radius 1 is 1.13 bits per heavy atom. The third-order valence-electron chi connectivity index (χ3n) is 7.61. The Balaban J connectivity index is 1.40. The first-order chi connectivity index (χ1) is 18.2. The normalized spacial score (nSPS) is 20.9. The molecule has 1 aromatic heterocycles. The van der Waals surface area contributed by atoms with Gasteiger partial charge in [-0.05, 0) is 63.1 Å². The molecule has 5 rings (SSSR count). The van der Waals surface area contributed by atoms with E-state index in [1.807, 2.05) is 13.8 Å². The quantitative estimate of drug-likeness (QED) is 0.457. The highest BCUT2D eigenvalue weighted by molar-refractivity contribution is 7.92. The third kappa shape index (κ3) is 6.19. The average Bonchev–Trinajstić information content (AvgIpc) is 3.62. The van der Waals surface area contributed by atoms with Gasteiger partial charge in [-0.15, -0.1) is 0 Å². The van der Waals surface area contributed by atoms with Crippen LogP contribution in [0, 0.1) is 12.3 Å². The van der Waals surface area contributed by atoms with Gasteiger partial charge in [0.15, 0.2) is 0 Å². The summed E-state index contributed by atoms with van der Waals surface area (Å²) in [6.07, 6.45) is 4.70. The molecule has 1 saturated carbocycles. The molecule has 206 valence electrons. The number of amides is 1. The van der Waals surface area contributed by atoms with E-state index in [1.54, 1.807) is 24.3 Å². The summed E-state index contributed by atoms with van der Waals surface area (Å²) in [4.78, 5) is 26.9. The zero-order valence-electron chi connectivity index (χ0n) is 21.9. The number of carbonyl (C=O) groups is 1. The molecule has 3 heterocycles. The Morgan fingerprint density at radius 3 is 2.58 bits per heavy atom. The van der Waals surface area contributed by atoms with Gasteiger partial charge in [-0.2, -0.15) is 4.98 Å². The molecule has 11 nitrogen and oxygen atoms in total. The minimum absolute atomic E-state index is 0.0705. The predicted molar refractivity (Wildman–Crippen MR) is 146 cm³/mol. The van der Waals surface area contributed by atoms with Crippen LogP contribution in [0.3, 0.4) is 0 Å². The van der Waals surface area contributed by atoms with Gasteiger partial charge in [0, 0.05) is 37.9 Å². The minimum atomic E-state index is -3.70. The number of sulfonamides is 1. The van der Waals surface area contributed by atoms with Gasteiger partial charge in [0.2, 0.25) is 16.0 Å². The predicted octanol–water partition coefficient (Wildman–Crippen LogP) is 2.38. The summed E-state index contributed by atoms with van der Waals surface area (Å²) < 4.78 is 32.7. The lowest BCUT2D eigenvalue weighted by atomic mass is 9.93. The summed E-state index contributed by atoms with van der Waals surface area (Å²) in [6.45, 7) is 6.95. The zero-order chi connectivity index (χ0) is 26.9. The van der Waals surface area contributed by atoms with Crippen molar-refractivity contribution in [2.45, 2.75) is 45.6 Å². The summed E-state index contributed by atoms with van der Waals surface area (Å²) in [5.74, 6) is 0.241. The lowest BCUT2D eigenvalue weighted by Gasteiger charge is -2.35. The molecule has 3 N–H and O–H groups in total. The van der Waals surface area contributed by atoms with Gasteiger partial charge in [0.05, 0.1) is 42.0 Å². The smallest absolute Gasteiger partial charge is 0.258 e. The van der Waals surface area contributed by atoms with E-state index in [1.165, 1.54) is 12.8 Å². The molecule has 1 amide bonds. The largest absolute Gasteiger partial charge is 0.395 e. The Kier molecular flexibility index (Phi) is 7.47. The molecule has 1 atom stereocenters. The number of nitrogens with zero attached hydrogens (tertiary/aromatic N) is 4. The van der Waals surface area contributed by atoms with Crippen LogP contribution in [0.15, 0.2) is 24.3 Å². The van der Waals surface area contributed by atoms with Crippen molar-refractivity contribution in [1.82, 2.24) is 9.97 Å². The van der Waals surface area contributed by atoms with Gasteiger partial charge < -0.3 is 25.0 Å². The Morgan fingerprint density at radius 2 is 1.89 bits per heavy atom. The second kappa shape index (κ2) is 10.7. The van der Waals surface area contributed by atoms with Gasteiger partial charge in [0.1, 0.15) is 5.82 Å². The molecule has 2 saturated heterocycles. The average molecular weight is 545 g/mol. The number of aryl methyl sites for hydroxylation is 1. The number of aromatic nitrogens is 2. The van der Waals surface area contributed by atoms with E-state index in [2.05, 4.69) is 29.8 Å². The molecule has 2 aliphatic heterocycles. The van der Waals surface area contributed by atoms with Crippen LogP contribution < -0.4 is 19.8 Å². The number of hydrogen-bond acceptors (Lipinski definition) is 9. The SMILES string of the molecule is Cc1cc(NC(=O)c2ccc(NS(=O)(=O)CCO)cc2N2CCC3(CC2)CC3)nc(N2CCO[C@H](C)C2)n1. The summed E-state index contributed by atoms with van der Waals surface area (Å²) in [6, 6.07) is 6.66. The van der Waals surface area contributed by atoms with Crippen molar-refractivity contribution in [3.8, 4) is 0 Å². The molecule has 1 aliphatic carbocycles. The van der Waals surface area contributed by atoms with Crippen molar-refractivity contribution in [3.63, 3.8) is 0 Å². The standard InChI is InChI=1S/C26H36N6O5S/c1-18-15-23(29-25(27-18)32-11-13-37-19(2)17-32)28-24(34)21-4-3-20(30-38(35,36)14-12-33)16-22(21)31-9-7-26(5-6-26)8-10-31/h3-4,15-16,19,30,33H,5-14,17H2,1-2H3,(H,27,28,29,34)/t19-/m1/s1. The number of anilines is 4. The summed E-state index contributed by atoms with van der Waals surface area (Å²) in [5, 5.41) is 12.0. The van der Waals surface area contributed by atoms with Crippen LogP contribution in [0.1, 0.15) is 48.7 Å². The van der Waals surface area contributed by atoms with Crippen LogP contribution in [0.4, 0.5) is 23.1 Å². The lowest BCUT2D eigenvalue weighted by Crippen LogP contribution is -2.42. The number of carbonyl (C=O) groups excluding carboxylic acids is 1. The molecular formula is C26H36N6O5S. The maximum atomic E-state index is 13.6. The van der Waals surface area contributed by atoms with E-state index in [4.69, 9.17) is 9.84 Å². The number of ether oxygens (including phenoxy) is 1. The number of morpholine rings is 1. The Labute approximate surface area is 223 Å². The summed E-state index contributed by atoms with van der Waals surface area (Å²) >= 11 is 0. The summed E-state index contributed by atoms with van der Waals surface area (Å²) in [5.41, 5.74) is 2.67. The number of rotatable bonds is 8. The molecule has 3 fully saturated rings. The fourth-order valence-corrected chi connectivity index (χ4v) is 6.07. The topological polar surface area (TPSA) is 137 Å². The number of piperidine rings is 1. The lowest BCUT2D eigenvalue weighted by molar-refractivity contribution is 0.0526. The fourth-order valence-electron chi connectivity index (χ4n) is 5.24. The number of aliphatic hydroxyl groups excluding tert-OH is 1. The molecule has 12 heteroatoms. The van der Waals surface area contributed by atoms with Crippen molar-refractivity contribution >= 4 is 39.1 Å². The summed E-state index contributed by atoms with van der Waals surface area (Å²) in [7, 11) is -3.70. The zero-order valence-corrected chi connectivity index (χ0v) is 22.8. The molecular weight excluding hydrogens is 508 g/mol. The number of hydrogen-bond donors (Lipinski definition) is 3. The molecule has 2 aromatic rings. The van der Waals surface area contributed by atoms with E-state index in [0.717, 1.165) is 31.6 Å². The third-order valence-corrected chi connectivity index (χ3v) is 8.87. The highest BCUT2D eigenvalue weighted by atomic mass is 32.2. The van der Waals surface area contributed by atoms with Crippen LogP contribution in [-0.4, -0.2) is 80.6 Å². The van der Waals surface area contributed by atoms with Crippen molar-refractivity contribution in [2.75, 3.05) is 65.0 Å². The molecule has 1 aromatic carbocycles. The number of benzene rings is 1. The van der Waals surface area contributed by atoms with Crippen molar-refractivity contribution in [2.24, 2.45) is 5.41 Å². The van der Waals surface area contributed by atoms with Crippen molar-refractivity contribution < 1.29 is 23.1 Å². The molecule has 0 radical (unpaired) electrons. The van der Waals surface area contributed by atoms with Gasteiger partial charge in [-0.3, -0.25) is 9.52 Å². The van der Waals surface area contributed by atoms with E-state index < -0.39 is 22.4 Å². The maximum absolute atomic E-state index is 13.6. The van der Waals surface area contributed by atoms with Crippen LogP contribution in [0.25, 0.3) is 0 Å². The molecule has 3 aliphatic rings. The van der Waals surface area contributed by atoms with E-state index in [-0.39, 0.29) is 12.0 Å². The Bertz CT molecular complexity index is 1290. The molecule has 38 heavy (non-hydrogen) atoms. The van der Waals surface area contributed by atoms with Crippen LogP contribution in [0.2, 0.25) is 0 Å². The highest BCUT2D eigenvalue weighted by Crippen LogP contribution is 2.54. The second-order valence-electron chi connectivity index (χ2n) is 10.6. The van der Waals surface area contributed by atoms with Crippen LogP contribution in [-0.2, 0) is 14.8 Å². The van der Waals surface area contributed by atoms with Crippen LogP contribution in [0.5, 0.6) is 0 Å². The second-order valence-corrected chi connectivity index (χ2v) is 12.5. The maximum Gasteiger partial charge on any atom is 0.258 e. The monoisotopic (exact) mass is 544 g/mol. The van der Waals surface area contributed by atoms with Crippen molar-refractivity contribution in [3.05, 3.63) is 35.5 Å². The first-order valence-corrected chi connectivity index (χ1v) is 14.8. The molecule has 0 bridgehead atoms. The van der Waals surface area contributed by atoms with Gasteiger partial charge >= 0.3 is 0 Å². The van der Waals surface area contributed by atoms with E-state index in [9.17, 15) is 13.2 Å². The molecule has 0 unspecified atom stereocenters. The number of aliphatic hydroxyl groups is 1. The van der Waals surface area contributed by atoms with E-state index >= 15 is 0 Å². The van der Waals surface area contributed by atoms with Gasteiger partial charge in [-0.25, -0.2) is 13.4 Å². The van der Waals surface area contributed by atoms with Crippen LogP contribution >= 0.6 is 0 Å². The Hall–Kier alpha value is -2.96. The fraction of sp³-hybridized carbons (Fsp3) is 0.577. The number of nitrogens with one attached hydrogen (secondary N) is 2. The minimum Gasteiger partial charge on any atom is -0.395 e. The molecule has 1 spiro atoms. The first-order valence-electron chi connectivity index (χ1n) is 13.2. The first kappa shape index (κ1) is 26.6. The van der Waals surface area contributed by atoms with Gasteiger partial charge in [-0.1, -0.05) is 0 Å². The van der Waals surface area contributed by atoms with Gasteiger partial charge in [0.25, 0.3) is 5.91 Å².